The first kappa shape index (κ1) is 17.5. The lowest BCUT2D eigenvalue weighted by atomic mass is 10.2. The number of benzene rings is 2. The summed E-state index contributed by atoms with van der Waals surface area (Å²) < 4.78 is 15.5. The van der Waals surface area contributed by atoms with Crippen molar-refractivity contribution in [3.63, 3.8) is 0 Å². The minimum atomic E-state index is -0.962. The average Bonchev–Trinajstić information content (AvgIpc) is 3.08. The summed E-state index contributed by atoms with van der Waals surface area (Å²) in [5.74, 6) is -0.283. The summed E-state index contributed by atoms with van der Waals surface area (Å²) in [6.45, 7) is 0.101. The highest BCUT2D eigenvalue weighted by atomic mass is 16.6. The maximum absolute atomic E-state index is 12.0. The lowest BCUT2D eigenvalue weighted by molar-refractivity contribution is -0.143. The van der Waals surface area contributed by atoms with E-state index in [1.807, 2.05) is 42.5 Å². The Balaban J connectivity index is 1.63. The number of carbonyl (C=O) groups excluding carboxylic acids is 2. The van der Waals surface area contributed by atoms with Crippen molar-refractivity contribution < 1.29 is 23.5 Å². The van der Waals surface area contributed by atoms with E-state index in [1.54, 1.807) is 12.1 Å². The Hall–Kier alpha value is -3.35. The molecule has 0 bridgehead atoms. The van der Waals surface area contributed by atoms with Crippen LogP contribution in [0.2, 0.25) is 0 Å². The number of hydrogen-bond acceptors (Lipinski definition) is 6. The lowest BCUT2D eigenvalue weighted by Gasteiger charge is -2.15. The van der Waals surface area contributed by atoms with Gasteiger partial charge in [-0.05, 0) is 17.7 Å². The molecule has 0 spiro atoms. The number of methoxy groups -OCH3 is 1. The normalized spacial score (nSPS) is 11.7. The van der Waals surface area contributed by atoms with Crippen molar-refractivity contribution >= 4 is 23.2 Å². The topological polar surface area (TPSA) is 90.7 Å². The molecule has 7 nitrogen and oxygen atoms in total. The SMILES string of the molecule is COC(=O)[C@H](Cc1nc2ccccc2o1)NC(=O)OCc1ccccc1. The number of carbonyl (C=O) groups is 2. The number of alkyl carbamates (subject to hydrolysis) is 1. The maximum Gasteiger partial charge on any atom is 0.408 e. The third-order valence-electron chi connectivity index (χ3n) is 3.71. The summed E-state index contributed by atoms with van der Waals surface area (Å²) in [6, 6.07) is 15.5. The number of fused-ring (bicyclic) bond motifs is 1. The predicted molar refractivity (Wildman–Crippen MR) is 93.3 cm³/mol. The largest absolute Gasteiger partial charge is 0.467 e. The van der Waals surface area contributed by atoms with Crippen LogP contribution in [0.4, 0.5) is 4.79 Å². The first-order valence-corrected chi connectivity index (χ1v) is 8.05. The van der Waals surface area contributed by atoms with Crippen LogP contribution in [-0.4, -0.2) is 30.2 Å². The molecule has 1 heterocycles. The molecule has 3 aromatic rings. The fourth-order valence-corrected chi connectivity index (χ4v) is 2.42. The molecule has 1 atom stereocenters. The van der Waals surface area contributed by atoms with E-state index in [-0.39, 0.29) is 13.0 Å². The van der Waals surface area contributed by atoms with Crippen LogP contribution in [-0.2, 0) is 27.3 Å². The molecule has 0 aliphatic rings. The molecule has 1 aromatic heterocycles. The number of amides is 1. The molecular weight excluding hydrogens is 336 g/mol. The number of rotatable bonds is 6. The molecule has 0 fully saturated rings. The first-order chi connectivity index (χ1) is 12.7. The van der Waals surface area contributed by atoms with E-state index in [4.69, 9.17) is 13.9 Å². The Morgan fingerprint density at radius 3 is 2.58 bits per heavy atom. The Morgan fingerprint density at radius 2 is 1.85 bits per heavy atom. The van der Waals surface area contributed by atoms with Gasteiger partial charge in [-0.15, -0.1) is 0 Å². The summed E-state index contributed by atoms with van der Waals surface area (Å²) in [6.07, 6.45) is -0.665. The minimum Gasteiger partial charge on any atom is -0.467 e. The van der Waals surface area contributed by atoms with Crippen molar-refractivity contribution in [1.29, 1.82) is 0 Å². The summed E-state index contributed by atoms with van der Waals surface area (Å²) in [7, 11) is 1.25. The van der Waals surface area contributed by atoms with Crippen molar-refractivity contribution in [2.45, 2.75) is 19.1 Å². The van der Waals surface area contributed by atoms with Gasteiger partial charge in [0.05, 0.1) is 13.5 Å². The average molecular weight is 354 g/mol. The number of para-hydroxylation sites is 2. The molecule has 0 aliphatic heterocycles. The van der Waals surface area contributed by atoms with Crippen LogP contribution in [0.3, 0.4) is 0 Å². The van der Waals surface area contributed by atoms with Gasteiger partial charge in [0.15, 0.2) is 11.5 Å². The predicted octanol–water partition coefficient (Wildman–Crippen LogP) is 2.84. The first-order valence-electron chi connectivity index (χ1n) is 8.05. The summed E-state index contributed by atoms with van der Waals surface area (Å²) in [4.78, 5) is 28.3. The molecule has 26 heavy (non-hydrogen) atoms. The molecule has 134 valence electrons. The van der Waals surface area contributed by atoms with Crippen molar-refractivity contribution in [1.82, 2.24) is 10.3 Å². The second-order valence-electron chi connectivity index (χ2n) is 5.56. The van der Waals surface area contributed by atoms with Crippen molar-refractivity contribution in [3.8, 4) is 0 Å². The van der Waals surface area contributed by atoms with E-state index in [2.05, 4.69) is 10.3 Å². The van der Waals surface area contributed by atoms with Crippen LogP contribution in [0.5, 0.6) is 0 Å². The monoisotopic (exact) mass is 354 g/mol. The number of hydrogen-bond donors (Lipinski definition) is 1. The smallest absolute Gasteiger partial charge is 0.408 e. The van der Waals surface area contributed by atoms with Gasteiger partial charge in [0, 0.05) is 0 Å². The van der Waals surface area contributed by atoms with Gasteiger partial charge >= 0.3 is 12.1 Å². The highest BCUT2D eigenvalue weighted by Crippen LogP contribution is 2.16. The third-order valence-corrected chi connectivity index (χ3v) is 3.71. The minimum absolute atomic E-state index is 0.0573. The van der Waals surface area contributed by atoms with Gasteiger partial charge in [0.2, 0.25) is 0 Å². The zero-order chi connectivity index (χ0) is 18.4. The Bertz CT molecular complexity index is 858. The van der Waals surface area contributed by atoms with E-state index < -0.39 is 18.1 Å². The van der Waals surface area contributed by atoms with Crippen LogP contribution in [0.15, 0.2) is 59.0 Å². The zero-order valence-corrected chi connectivity index (χ0v) is 14.2. The fraction of sp³-hybridized carbons (Fsp3) is 0.211. The van der Waals surface area contributed by atoms with Gasteiger partial charge in [-0.1, -0.05) is 42.5 Å². The third kappa shape index (κ3) is 4.38. The number of oxazole rings is 1. The molecule has 0 saturated carbocycles. The van der Waals surface area contributed by atoms with E-state index >= 15 is 0 Å². The Kier molecular flexibility index (Phi) is 5.48. The van der Waals surface area contributed by atoms with Gasteiger partial charge in [0.1, 0.15) is 18.2 Å². The molecule has 7 heteroatoms. The van der Waals surface area contributed by atoms with Gasteiger partial charge in [-0.25, -0.2) is 14.6 Å². The van der Waals surface area contributed by atoms with E-state index in [0.717, 1.165) is 5.56 Å². The second-order valence-corrected chi connectivity index (χ2v) is 5.56. The maximum atomic E-state index is 12.0. The molecule has 0 radical (unpaired) electrons. The zero-order valence-electron chi connectivity index (χ0n) is 14.2. The number of nitrogens with zero attached hydrogens (tertiary/aromatic N) is 1. The van der Waals surface area contributed by atoms with Crippen LogP contribution in [0.25, 0.3) is 11.1 Å². The molecule has 0 aliphatic carbocycles. The molecular formula is C19H18N2O5. The number of esters is 1. The van der Waals surface area contributed by atoms with E-state index in [0.29, 0.717) is 17.0 Å². The molecule has 1 amide bonds. The lowest BCUT2D eigenvalue weighted by Crippen LogP contribution is -2.43. The van der Waals surface area contributed by atoms with Crippen LogP contribution >= 0.6 is 0 Å². The van der Waals surface area contributed by atoms with Gasteiger partial charge in [0.25, 0.3) is 0 Å². The van der Waals surface area contributed by atoms with Crippen molar-refractivity contribution in [3.05, 3.63) is 66.1 Å². The van der Waals surface area contributed by atoms with Gasteiger partial charge in [-0.2, -0.15) is 0 Å². The van der Waals surface area contributed by atoms with Crippen LogP contribution in [0.1, 0.15) is 11.5 Å². The number of ether oxygens (including phenoxy) is 2. The quantitative estimate of drug-likeness (QED) is 0.685. The Labute approximate surface area is 149 Å². The number of nitrogens with one attached hydrogen (secondary N) is 1. The summed E-state index contributed by atoms with van der Waals surface area (Å²) in [5, 5.41) is 2.50. The van der Waals surface area contributed by atoms with E-state index in [9.17, 15) is 9.59 Å². The highest BCUT2D eigenvalue weighted by Gasteiger charge is 2.25. The fourth-order valence-electron chi connectivity index (χ4n) is 2.42. The number of aromatic nitrogens is 1. The summed E-state index contributed by atoms with van der Waals surface area (Å²) in [5.41, 5.74) is 2.13. The molecule has 3 rings (SSSR count). The molecule has 0 saturated heterocycles. The highest BCUT2D eigenvalue weighted by molar-refractivity contribution is 5.81. The van der Waals surface area contributed by atoms with Gasteiger partial charge in [-0.3, -0.25) is 0 Å². The molecule has 0 unspecified atom stereocenters. The van der Waals surface area contributed by atoms with Crippen molar-refractivity contribution in [2.24, 2.45) is 0 Å². The second kappa shape index (κ2) is 8.15. The van der Waals surface area contributed by atoms with E-state index in [1.165, 1.54) is 7.11 Å². The molecule has 2 aromatic carbocycles. The Morgan fingerprint density at radius 1 is 1.12 bits per heavy atom. The van der Waals surface area contributed by atoms with Crippen molar-refractivity contribution in [2.75, 3.05) is 7.11 Å². The van der Waals surface area contributed by atoms with Crippen LogP contribution < -0.4 is 5.32 Å². The summed E-state index contributed by atoms with van der Waals surface area (Å²) >= 11 is 0. The molecule has 1 N–H and O–H groups in total. The van der Waals surface area contributed by atoms with Gasteiger partial charge < -0.3 is 19.2 Å². The standard InChI is InChI=1S/C19H18N2O5/c1-24-18(22)15(11-17-20-14-9-5-6-10-16(14)26-17)21-19(23)25-12-13-7-3-2-4-8-13/h2-10,15H,11-12H2,1H3,(H,21,23)/t15-/m0/s1. The van der Waals surface area contributed by atoms with Crippen LogP contribution in [0, 0.1) is 0 Å².